The Hall–Kier alpha value is -3.09. The molecule has 0 aliphatic heterocycles. The maximum absolute atomic E-state index is 12.9. The van der Waals surface area contributed by atoms with Crippen LogP contribution in [0.3, 0.4) is 0 Å². The monoisotopic (exact) mass is 380 g/mol. The lowest BCUT2D eigenvalue weighted by molar-refractivity contribution is 0.361. The van der Waals surface area contributed by atoms with Gasteiger partial charge in [0.05, 0.1) is 12.6 Å². The number of H-pyrrole nitrogens is 2. The molecule has 0 unspecified atom stereocenters. The van der Waals surface area contributed by atoms with Crippen LogP contribution >= 0.6 is 0 Å². The molecule has 146 valence electrons. The molecule has 2 N–H and O–H groups in total. The highest BCUT2D eigenvalue weighted by molar-refractivity contribution is 6.04. The van der Waals surface area contributed by atoms with Crippen LogP contribution in [0.15, 0.2) is 44.5 Å². The van der Waals surface area contributed by atoms with Crippen LogP contribution in [-0.2, 0) is 0 Å². The Labute approximate surface area is 161 Å². The van der Waals surface area contributed by atoms with Crippen molar-refractivity contribution in [1.29, 1.82) is 0 Å². The third kappa shape index (κ3) is 2.96. The van der Waals surface area contributed by atoms with E-state index in [9.17, 15) is 9.59 Å². The zero-order chi connectivity index (χ0) is 20.0. The third-order valence-electron chi connectivity index (χ3n) is 5.65. The van der Waals surface area contributed by atoms with E-state index in [0.29, 0.717) is 28.6 Å². The number of allylic oxidation sites excluding steroid dienone is 2. The van der Waals surface area contributed by atoms with Crippen LogP contribution in [0.5, 0.6) is 5.75 Å². The summed E-state index contributed by atoms with van der Waals surface area (Å²) in [5, 5.41) is 5.00. The van der Waals surface area contributed by atoms with Crippen molar-refractivity contribution in [1.82, 2.24) is 14.6 Å². The number of ether oxygens (including phenoxy) is 1. The largest absolute Gasteiger partial charge is 0.497 e. The number of hydrogen-bond acceptors (Lipinski definition) is 4. The molecule has 7 heteroatoms. The number of aromatic nitrogens is 3. The van der Waals surface area contributed by atoms with Crippen LogP contribution in [-0.4, -0.2) is 28.0 Å². The predicted octanol–water partition coefficient (Wildman–Crippen LogP) is 3.25. The summed E-state index contributed by atoms with van der Waals surface area (Å²) in [7, 11) is 1.57. The van der Waals surface area contributed by atoms with Gasteiger partial charge < -0.3 is 14.7 Å². The Bertz CT molecular complexity index is 1230. The van der Waals surface area contributed by atoms with Gasteiger partial charge >= 0.3 is 11.2 Å². The van der Waals surface area contributed by atoms with Crippen LogP contribution in [0.4, 0.5) is 0 Å². The first-order valence-electron chi connectivity index (χ1n) is 9.45. The number of benzene rings is 1. The molecule has 0 bridgehead atoms. The molecule has 2 heterocycles. The molecule has 7 nitrogen and oxygen atoms in total. The van der Waals surface area contributed by atoms with Gasteiger partial charge in [0.25, 0.3) is 0 Å². The maximum atomic E-state index is 12.9. The SMILES string of the molecule is COc1ccc2[nH]c3c(=O)n(/N=C/[C@H]4[C@@H](C)C=C(C)C[C@@H]4C)c(=O)[nH]c3c2c1. The predicted molar refractivity (Wildman–Crippen MR) is 111 cm³/mol. The number of rotatable bonds is 3. The van der Waals surface area contributed by atoms with E-state index in [-0.39, 0.29) is 5.92 Å². The minimum Gasteiger partial charge on any atom is -0.497 e. The van der Waals surface area contributed by atoms with Gasteiger partial charge in [0.15, 0.2) is 0 Å². The van der Waals surface area contributed by atoms with Crippen LogP contribution in [0, 0.1) is 17.8 Å². The number of fused-ring (bicyclic) bond motifs is 3. The van der Waals surface area contributed by atoms with E-state index in [0.717, 1.165) is 22.0 Å². The van der Waals surface area contributed by atoms with Crippen LogP contribution in [0.1, 0.15) is 27.2 Å². The van der Waals surface area contributed by atoms with Crippen LogP contribution in [0.25, 0.3) is 21.9 Å². The Morgan fingerprint density at radius 3 is 2.71 bits per heavy atom. The van der Waals surface area contributed by atoms with Crippen molar-refractivity contribution >= 4 is 28.2 Å². The second-order valence-corrected chi connectivity index (χ2v) is 7.73. The second kappa shape index (κ2) is 6.82. The number of hydrogen-bond donors (Lipinski definition) is 2. The zero-order valence-corrected chi connectivity index (χ0v) is 16.4. The summed E-state index contributed by atoms with van der Waals surface area (Å²) in [6, 6.07) is 5.41. The number of methoxy groups -OCH3 is 1. The standard InChI is InChI=1S/C21H24N4O3/c1-11-7-12(2)16(13(3)8-11)10-22-25-20(26)19-18(24-21(25)27)15-9-14(28-4)5-6-17(15)23-19/h5-7,9-10,12-13,16,23H,8H2,1-4H3,(H,24,27)/b22-10+/t12-,13-,16-/m0/s1. The van der Waals surface area contributed by atoms with E-state index in [4.69, 9.17) is 4.74 Å². The molecule has 2 aromatic heterocycles. The van der Waals surface area contributed by atoms with E-state index < -0.39 is 11.2 Å². The van der Waals surface area contributed by atoms with Crippen LogP contribution in [0.2, 0.25) is 0 Å². The van der Waals surface area contributed by atoms with Crippen molar-refractivity contribution in [2.75, 3.05) is 7.11 Å². The number of nitrogens with zero attached hydrogens (tertiary/aromatic N) is 2. The van der Waals surface area contributed by atoms with Crippen LogP contribution < -0.4 is 16.0 Å². The lowest BCUT2D eigenvalue weighted by atomic mass is 9.76. The highest BCUT2D eigenvalue weighted by Crippen LogP contribution is 2.32. The zero-order valence-electron chi connectivity index (χ0n) is 16.4. The van der Waals surface area contributed by atoms with Gasteiger partial charge in [0.2, 0.25) is 0 Å². The van der Waals surface area contributed by atoms with E-state index >= 15 is 0 Å². The van der Waals surface area contributed by atoms with E-state index in [1.165, 1.54) is 5.57 Å². The Morgan fingerprint density at radius 2 is 2.00 bits per heavy atom. The molecular formula is C21H24N4O3. The fourth-order valence-corrected chi connectivity index (χ4v) is 4.27. The highest BCUT2D eigenvalue weighted by atomic mass is 16.5. The topological polar surface area (TPSA) is 92.2 Å². The molecule has 3 aromatic rings. The van der Waals surface area contributed by atoms with Gasteiger partial charge in [-0.05, 0) is 43.4 Å². The summed E-state index contributed by atoms with van der Waals surface area (Å²) >= 11 is 0. The Balaban J connectivity index is 1.81. The van der Waals surface area contributed by atoms with Crippen molar-refractivity contribution in [3.8, 4) is 5.75 Å². The summed E-state index contributed by atoms with van der Waals surface area (Å²) < 4.78 is 6.14. The van der Waals surface area contributed by atoms with Crippen molar-refractivity contribution < 1.29 is 4.74 Å². The molecule has 0 saturated heterocycles. The molecule has 1 aliphatic carbocycles. The highest BCUT2D eigenvalue weighted by Gasteiger charge is 2.25. The average Bonchev–Trinajstić information content (AvgIpc) is 3.01. The van der Waals surface area contributed by atoms with Gasteiger partial charge in [-0.15, -0.1) is 4.68 Å². The summed E-state index contributed by atoms with van der Waals surface area (Å²) in [6.45, 7) is 6.44. The van der Waals surface area contributed by atoms with Gasteiger partial charge in [-0.25, -0.2) is 4.79 Å². The molecule has 0 saturated carbocycles. The van der Waals surface area contributed by atoms with Gasteiger partial charge in [-0.2, -0.15) is 5.10 Å². The van der Waals surface area contributed by atoms with Gasteiger partial charge in [-0.3, -0.25) is 4.79 Å². The molecule has 4 rings (SSSR count). The average molecular weight is 380 g/mol. The fraction of sp³-hybridized carbons (Fsp3) is 0.381. The summed E-state index contributed by atoms with van der Waals surface area (Å²) in [5.41, 5.74) is 1.89. The lowest BCUT2D eigenvalue weighted by Crippen LogP contribution is -2.33. The van der Waals surface area contributed by atoms with E-state index in [2.05, 4.69) is 41.9 Å². The quantitative estimate of drug-likeness (QED) is 0.540. The first-order valence-corrected chi connectivity index (χ1v) is 9.45. The summed E-state index contributed by atoms with van der Waals surface area (Å²) in [4.78, 5) is 31.4. The fourth-order valence-electron chi connectivity index (χ4n) is 4.27. The molecule has 0 fully saturated rings. The minimum absolute atomic E-state index is 0.178. The van der Waals surface area contributed by atoms with E-state index in [1.54, 1.807) is 25.5 Å². The smallest absolute Gasteiger partial charge is 0.350 e. The summed E-state index contributed by atoms with van der Waals surface area (Å²) in [5.74, 6) is 1.55. The van der Waals surface area contributed by atoms with Crippen molar-refractivity contribution in [3.63, 3.8) is 0 Å². The summed E-state index contributed by atoms with van der Waals surface area (Å²) in [6.07, 6.45) is 4.97. The van der Waals surface area contributed by atoms with Gasteiger partial charge in [0.1, 0.15) is 11.3 Å². The Morgan fingerprint density at radius 1 is 1.21 bits per heavy atom. The lowest BCUT2D eigenvalue weighted by Gasteiger charge is -2.29. The normalized spacial score (nSPS) is 22.9. The minimum atomic E-state index is -0.555. The van der Waals surface area contributed by atoms with Gasteiger partial charge in [0, 0.05) is 23.0 Å². The second-order valence-electron chi connectivity index (χ2n) is 7.73. The van der Waals surface area contributed by atoms with Crippen molar-refractivity contribution in [2.45, 2.75) is 27.2 Å². The molecule has 28 heavy (non-hydrogen) atoms. The number of aromatic amines is 2. The Kier molecular flexibility index (Phi) is 4.45. The molecule has 1 aromatic carbocycles. The molecule has 0 radical (unpaired) electrons. The van der Waals surface area contributed by atoms with Gasteiger partial charge in [-0.1, -0.05) is 25.5 Å². The molecule has 0 amide bonds. The van der Waals surface area contributed by atoms with Crippen molar-refractivity contribution in [2.24, 2.45) is 22.9 Å². The number of nitrogens with one attached hydrogen (secondary N) is 2. The third-order valence-corrected chi connectivity index (χ3v) is 5.65. The maximum Gasteiger partial charge on any atom is 0.350 e. The molecular weight excluding hydrogens is 356 g/mol. The first kappa shape index (κ1) is 18.3. The van der Waals surface area contributed by atoms with Crippen molar-refractivity contribution in [3.05, 3.63) is 50.7 Å². The van der Waals surface area contributed by atoms with E-state index in [1.807, 2.05) is 6.07 Å². The first-order chi connectivity index (χ1) is 13.4. The molecule has 1 aliphatic rings. The molecule has 0 spiro atoms. The molecule has 3 atom stereocenters.